The van der Waals surface area contributed by atoms with Crippen molar-refractivity contribution < 1.29 is 5.11 Å². The van der Waals surface area contributed by atoms with Crippen LogP contribution in [0.3, 0.4) is 0 Å². The van der Waals surface area contributed by atoms with Gasteiger partial charge in [-0.25, -0.2) is 4.68 Å². The van der Waals surface area contributed by atoms with E-state index in [9.17, 15) is 5.11 Å². The van der Waals surface area contributed by atoms with Gasteiger partial charge in [-0.15, -0.1) is 0 Å². The molecule has 1 fully saturated rings. The average Bonchev–Trinajstić information content (AvgIpc) is 2.59. The number of rotatable bonds is 2. The van der Waals surface area contributed by atoms with Crippen LogP contribution in [-0.4, -0.2) is 34.1 Å². The molecule has 0 bridgehead atoms. The Balaban J connectivity index is 2.32. The van der Waals surface area contributed by atoms with E-state index < -0.39 is 0 Å². The molecule has 102 valence electrons. The molecule has 3 N–H and O–H groups in total. The minimum absolute atomic E-state index is 0.110. The molecule has 1 aromatic heterocycles. The zero-order valence-electron chi connectivity index (χ0n) is 11.8. The summed E-state index contributed by atoms with van der Waals surface area (Å²) >= 11 is 0. The van der Waals surface area contributed by atoms with E-state index >= 15 is 0 Å². The van der Waals surface area contributed by atoms with Gasteiger partial charge in [0.15, 0.2) is 5.82 Å². The molecule has 1 saturated heterocycles. The summed E-state index contributed by atoms with van der Waals surface area (Å²) in [6.45, 7) is 10.7. The Hall–Kier alpha value is -1.23. The van der Waals surface area contributed by atoms with Gasteiger partial charge in [-0.05, 0) is 20.3 Å². The van der Waals surface area contributed by atoms with E-state index in [2.05, 4.69) is 30.8 Å². The Labute approximate surface area is 109 Å². The SMILES string of the molecule is CCn1nc(C)c(N)c1N1CCC(O)C(C)(C)C1. The lowest BCUT2D eigenvalue weighted by Gasteiger charge is -2.42. The quantitative estimate of drug-likeness (QED) is 0.834. The third-order valence-electron chi connectivity index (χ3n) is 3.92. The first-order valence-electron chi connectivity index (χ1n) is 6.62. The molecule has 1 aliphatic heterocycles. The van der Waals surface area contributed by atoms with Crippen molar-refractivity contribution in [1.29, 1.82) is 0 Å². The first-order chi connectivity index (χ1) is 8.36. The van der Waals surface area contributed by atoms with Gasteiger partial charge >= 0.3 is 0 Å². The third-order valence-corrected chi connectivity index (χ3v) is 3.92. The topological polar surface area (TPSA) is 67.3 Å². The van der Waals surface area contributed by atoms with Crippen molar-refractivity contribution in [3.63, 3.8) is 0 Å². The molecule has 1 unspecified atom stereocenters. The van der Waals surface area contributed by atoms with Crippen LogP contribution in [0.2, 0.25) is 0 Å². The van der Waals surface area contributed by atoms with Crippen LogP contribution in [-0.2, 0) is 6.54 Å². The van der Waals surface area contributed by atoms with E-state index in [1.807, 2.05) is 11.6 Å². The van der Waals surface area contributed by atoms with E-state index in [0.717, 1.165) is 43.3 Å². The normalized spacial score (nSPS) is 23.4. The Morgan fingerprint density at radius 3 is 2.72 bits per heavy atom. The van der Waals surface area contributed by atoms with Gasteiger partial charge in [0.25, 0.3) is 0 Å². The molecule has 2 heterocycles. The monoisotopic (exact) mass is 252 g/mol. The lowest BCUT2D eigenvalue weighted by atomic mass is 9.81. The summed E-state index contributed by atoms with van der Waals surface area (Å²) in [4.78, 5) is 2.26. The molecule has 18 heavy (non-hydrogen) atoms. The maximum atomic E-state index is 10.0. The van der Waals surface area contributed by atoms with Crippen LogP contribution in [0.15, 0.2) is 0 Å². The number of nitrogens with two attached hydrogens (primary N) is 1. The van der Waals surface area contributed by atoms with Crippen molar-refractivity contribution in [1.82, 2.24) is 9.78 Å². The maximum absolute atomic E-state index is 10.0. The van der Waals surface area contributed by atoms with E-state index in [-0.39, 0.29) is 11.5 Å². The van der Waals surface area contributed by atoms with E-state index in [1.54, 1.807) is 0 Å². The number of aromatic nitrogens is 2. The number of aliphatic hydroxyl groups is 1. The lowest BCUT2D eigenvalue weighted by molar-refractivity contribution is 0.0332. The summed E-state index contributed by atoms with van der Waals surface area (Å²) in [6, 6.07) is 0. The van der Waals surface area contributed by atoms with Crippen molar-refractivity contribution in [2.24, 2.45) is 5.41 Å². The molecule has 0 amide bonds. The lowest BCUT2D eigenvalue weighted by Crippen LogP contribution is -2.49. The highest BCUT2D eigenvalue weighted by molar-refractivity contribution is 5.66. The fraction of sp³-hybridized carbons (Fsp3) is 0.769. The minimum atomic E-state index is -0.242. The second-order valence-electron chi connectivity index (χ2n) is 5.85. The van der Waals surface area contributed by atoms with Gasteiger partial charge in [0, 0.05) is 25.0 Å². The van der Waals surface area contributed by atoms with Crippen molar-refractivity contribution >= 4 is 11.5 Å². The number of hydrogen-bond acceptors (Lipinski definition) is 4. The van der Waals surface area contributed by atoms with Crippen LogP contribution in [0.1, 0.15) is 32.9 Å². The van der Waals surface area contributed by atoms with Gasteiger partial charge in [-0.3, -0.25) is 0 Å². The summed E-state index contributed by atoms with van der Waals surface area (Å²) < 4.78 is 1.96. The molecule has 1 aromatic rings. The molecule has 2 rings (SSSR count). The summed E-state index contributed by atoms with van der Waals surface area (Å²) in [5.41, 5.74) is 7.69. The summed E-state index contributed by atoms with van der Waals surface area (Å²) in [6.07, 6.45) is 0.537. The highest BCUT2D eigenvalue weighted by Crippen LogP contribution is 2.35. The minimum Gasteiger partial charge on any atom is -0.394 e. The summed E-state index contributed by atoms with van der Waals surface area (Å²) in [5.74, 6) is 1.01. The molecule has 0 aromatic carbocycles. The highest BCUT2D eigenvalue weighted by atomic mass is 16.3. The number of aryl methyl sites for hydroxylation is 2. The molecule has 1 aliphatic rings. The molecule has 0 saturated carbocycles. The van der Waals surface area contributed by atoms with Gasteiger partial charge in [0.2, 0.25) is 0 Å². The predicted octanol–water partition coefficient (Wildman–Crippen LogP) is 1.39. The van der Waals surface area contributed by atoms with Crippen LogP contribution in [0.5, 0.6) is 0 Å². The molecule has 0 spiro atoms. The molecule has 5 heteroatoms. The van der Waals surface area contributed by atoms with Crippen molar-refractivity contribution in [3.05, 3.63) is 5.69 Å². The Bertz CT molecular complexity index is 438. The van der Waals surface area contributed by atoms with Crippen molar-refractivity contribution in [2.45, 2.75) is 46.8 Å². The Kier molecular flexibility index (Phi) is 3.27. The van der Waals surface area contributed by atoms with Gasteiger partial charge in [0.05, 0.1) is 17.5 Å². The number of anilines is 2. The maximum Gasteiger partial charge on any atom is 0.150 e. The highest BCUT2D eigenvalue weighted by Gasteiger charge is 2.36. The van der Waals surface area contributed by atoms with E-state index in [1.165, 1.54) is 0 Å². The fourth-order valence-corrected chi connectivity index (χ4v) is 2.66. The number of aliphatic hydroxyl groups excluding tert-OH is 1. The Morgan fingerprint density at radius 2 is 2.17 bits per heavy atom. The second-order valence-corrected chi connectivity index (χ2v) is 5.85. The van der Waals surface area contributed by atoms with Crippen LogP contribution in [0, 0.1) is 12.3 Å². The summed E-state index contributed by atoms with van der Waals surface area (Å²) in [7, 11) is 0. The number of piperidine rings is 1. The van der Waals surface area contributed by atoms with Gasteiger partial charge < -0.3 is 15.7 Å². The first kappa shape index (κ1) is 13.2. The first-order valence-corrected chi connectivity index (χ1v) is 6.62. The Morgan fingerprint density at radius 1 is 1.50 bits per heavy atom. The van der Waals surface area contributed by atoms with Crippen LogP contribution in [0.4, 0.5) is 11.5 Å². The molecule has 1 atom stereocenters. The third kappa shape index (κ3) is 2.07. The standard InChI is InChI=1S/C13H24N4O/c1-5-17-12(11(14)9(2)15-17)16-7-6-10(18)13(3,4)8-16/h10,18H,5-8,14H2,1-4H3. The molecule has 0 radical (unpaired) electrons. The van der Waals surface area contributed by atoms with Crippen LogP contribution in [0.25, 0.3) is 0 Å². The largest absolute Gasteiger partial charge is 0.394 e. The fourth-order valence-electron chi connectivity index (χ4n) is 2.66. The smallest absolute Gasteiger partial charge is 0.150 e. The predicted molar refractivity (Wildman–Crippen MR) is 73.7 cm³/mol. The zero-order valence-corrected chi connectivity index (χ0v) is 11.8. The zero-order chi connectivity index (χ0) is 13.5. The molecular weight excluding hydrogens is 228 g/mol. The number of nitrogens with zero attached hydrogens (tertiary/aromatic N) is 3. The van der Waals surface area contributed by atoms with Crippen LogP contribution >= 0.6 is 0 Å². The van der Waals surface area contributed by atoms with Gasteiger partial charge in [-0.2, -0.15) is 5.10 Å². The van der Waals surface area contributed by atoms with E-state index in [0.29, 0.717) is 0 Å². The number of hydrogen-bond donors (Lipinski definition) is 2. The number of nitrogen functional groups attached to an aromatic ring is 1. The second kappa shape index (κ2) is 4.46. The van der Waals surface area contributed by atoms with Gasteiger partial charge in [0.1, 0.15) is 0 Å². The van der Waals surface area contributed by atoms with Crippen LogP contribution < -0.4 is 10.6 Å². The summed E-state index contributed by atoms with van der Waals surface area (Å²) in [5, 5.41) is 14.5. The average molecular weight is 252 g/mol. The van der Waals surface area contributed by atoms with Crippen molar-refractivity contribution in [2.75, 3.05) is 23.7 Å². The molecule has 5 nitrogen and oxygen atoms in total. The molecule has 0 aliphatic carbocycles. The van der Waals surface area contributed by atoms with E-state index in [4.69, 9.17) is 5.73 Å². The molecular formula is C13H24N4O. The van der Waals surface area contributed by atoms with Crippen molar-refractivity contribution in [3.8, 4) is 0 Å². The van der Waals surface area contributed by atoms with Gasteiger partial charge in [-0.1, -0.05) is 13.8 Å².